The zero-order valence-corrected chi connectivity index (χ0v) is 18.1. The Kier molecular flexibility index (Phi) is 6.74. The van der Waals surface area contributed by atoms with Crippen molar-refractivity contribution in [3.05, 3.63) is 30.1 Å². The van der Waals surface area contributed by atoms with Crippen LogP contribution in [0.25, 0.3) is 21.9 Å². The lowest BCUT2D eigenvalue weighted by Crippen LogP contribution is -2.29. The van der Waals surface area contributed by atoms with Crippen molar-refractivity contribution in [2.45, 2.75) is 13.0 Å². The second-order valence-electron chi connectivity index (χ2n) is 7.06. The van der Waals surface area contributed by atoms with Crippen LogP contribution in [0.15, 0.2) is 24.3 Å². The second-order valence-corrected chi connectivity index (χ2v) is 9.60. The molecule has 0 saturated heterocycles. The van der Waals surface area contributed by atoms with Gasteiger partial charge < -0.3 is 19.8 Å². The molecule has 0 fully saturated rings. The van der Waals surface area contributed by atoms with Crippen molar-refractivity contribution in [2.24, 2.45) is 0 Å². The quantitative estimate of drug-likeness (QED) is 0.396. The Bertz CT molecular complexity index is 1090. The number of pyridine rings is 1. The highest BCUT2D eigenvalue weighted by atomic mass is 32.2. The van der Waals surface area contributed by atoms with E-state index < -0.39 is 9.71 Å². The number of ether oxygens (including phenoxy) is 2. The van der Waals surface area contributed by atoms with Gasteiger partial charge in [-0.05, 0) is 19.0 Å². The molecule has 2 N–H and O–H groups in total. The molecule has 9 heteroatoms. The van der Waals surface area contributed by atoms with Crippen molar-refractivity contribution < 1.29 is 13.7 Å². The van der Waals surface area contributed by atoms with Gasteiger partial charge in [-0.2, -0.15) is 0 Å². The maximum Gasteiger partial charge on any atom is 0.152 e. The van der Waals surface area contributed by atoms with Crippen LogP contribution in [0.3, 0.4) is 0 Å². The molecule has 0 amide bonds. The lowest BCUT2D eigenvalue weighted by atomic mass is 10.2. The summed E-state index contributed by atoms with van der Waals surface area (Å²) in [6, 6.07) is 7.91. The first kappa shape index (κ1) is 21.5. The van der Waals surface area contributed by atoms with Gasteiger partial charge in [0.05, 0.1) is 30.9 Å². The van der Waals surface area contributed by atoms with E-state index in [0.29, 0.717) is 50.7 Å². The van der Waals surface area contributed by atoms with Crippen LogP contribution in [-0.2, 0) is 32.1 Å². The predicted octanol–water partition coefficient (Wildman–Crippen LogP) is 1.57. The zero-order chi connectivity index (χ0) is 21.0. The number of imidazole rings is 1. The molecule has 0 aliphatic rings. The first-order chi connectivity index (χ1) is 13.8. The fourth-order valence-corrected chi connectivity index (χ4v) is 3.63. The van der Waals surface area contributed by atoms with Gasteiger partial charge in [-0.25, -0.2) is 14.3 Å². The molecule has 2 aromatic heterocycles. The van der Waals surface area contributed by atoms with Gasteiger partial charge in [0.2, 0.25) is 0 Å². The summed E-state index contributed by atoms with van der Waals surface area (Å²) in [5, 5.41) is 1.01. The molecule has 1 unspecified atom stereocenters. The predicted molar refractivity (Wildman–Crippen MR) is 120 cm³/mol. The van der Waals surface area contributed by atoms with Crippen molar-refractivity contribution in [1.82, 2.24) is 18.8 Å². The van der Waals surface area contributed by atoms with E-state index in [2.05, 4.69) is 15.4 Å². The third kappa shape index (κ3) is 4.87. The number of fused-ring (bicyclic) bond motifs is 3. The monoisotopic (exact) mass is 419 g/mol. The smallest absolute Gasteiger partial charge is 0.152 e. The summed E-state index contributed by atoms with van der Waals surface area (Å²) in [6.07, 6.45) is 2.29. The summed E-state index contributed by atoms with van der Waals surface area (Å²) in [5.74, 6) is 4.99. The van der Waals surface area contributed by atoms with Gasteiger partial charge in [0.15, 0.2) is 5.82 Å². The Hall–Kier alpha value is -2.20. The highest BCUT2D eigenvalue weighted by Gasteiger charge is 2.17. The van der Waals surface area contributed by atoms with Crippen molar-refractivity contribution >= 4 is 43.3 Å². The van der Waals surface area contributed by atoms with Crippen molar-refractivity contribution in [3.63, 3.8) is 0 Å². The van der Waals surface area contributed by atoms with Crippen LogP contribution in [0.1, 0.15) is 5.82 Å². The van der Waals surface area contributed by atoms with Gasteiger partial charge in [0, 0.05) is 48.0 Å². The Morgan fingerprint density at radius 1 is 1.24 bits per heavy atom. The summed E-state index contributed by atoms with van der Waals surface area (Å²) in [6.45, 7) is 2.71. The van der Waals surface area contributed by atoms with E-state index >= 15 is 0 Å². The van der Waals surface area contributed by atoms with E-state index in [0.717, 1.165) is 22.2 Å². The molecular formula is C20H29N5O3S. The van der Waals surface area contributed by atoms with Crippen LogP contribution in [0, 0.1) is 0 Å². The van der Waals surface area contributed by atoms with Gasteiger partial charge >= 0.3 is 0 Å². The molecule has 0 saturated carbocycles. The van der Waals surface area contributed by atoms with E-state index in [9.17, 15) is 4.21 Å². The van der Waals surface area contributed by atoms with Crippen molar-refractivity contribution in [3.8, 4) is 0 Å². The Labute approximate surface area is 171 Å². The first-order valence-corrected chi connectivity index (χ1v) is 11.6. The number of anilines is 1. The highest BCUT2D eigenvalue weighted by Crippen LogP contribution is 2.28. The molecule has 3 rings (SSSR count). The Morgan fingerprint density at radius 3 is 2.72 bits per heavy atom. The number of aromatic nitrogens is 3. The van der Waals surface area contributed by atoms with Gasteiger partial charge in [-0.1, -0.05) is 18.2 Å². The summed E-state index contributed by atoms with van der Waals surface area (Å²) < 4.78 is 26.8. The first-order valence-electron chi connectivity index (χ1n) is 9.46. The summed E-state index contributed by atoms with van der Waals surface area (Å²) >= 11 is 0. The molecular weight excluding hydrogens is 390 g/mol. The number of rotatable bonds is 10. The molecule has 3 aromatic rings. The Balaban J connectivity index is 1.84. The number of para-hydroxylation sites is 1. The molecule has 8 nitrogen and oxygen atoms in total. The minimum Gasteiger partial charge on any atom is -0.384 e. The van der Waals surface area contributed by atoms with Gasteiger partial charge in [-0.3, -0.25) is 4.21 Å². The van der Waals surface area contributed by atoms with Crippen molar-refractivity contribution in [1.29, 1.82) is 0 Å². The largest absolute Gasteiger partial charge is 0.384 e. The third-order valence-electron chi connectivity index (χ3n) is 4.89. The van der Waals surface area contributed by atoms with Crippen LogP contribution >= 0.6 is 0 Å². The number of hydrogen-bond acceptors (Lipinski definition) is 6. The summed E-state index contributed by atoms with van der Waals surface area (Å²) in [7, 11) is 1.25. The minimum absolute atomic E-state index is 0.423. The number of benzene rings is 1. The number of nitrogens with two attached hydrogens (primary N) is 1. The maximum absolute atomic E-state index is 11.9. The van der Waals surface area contributed by atoms with Gasteiger partial charge in [0.25, 0.3) is 0 Å². The number of likely N-dealkylation sites (N-methyl/N-ethyl adjacent to an activating group) is 1. The van der Waals surface area contributed by atoms with Gasteiger partial charge in [0.1, 0.15) is 11.3 Å². The Morgan fingerprint density at radius 2 is 2.00 bits per heavy atom. The molecule has 1 atom stereocenters. The molecule has 0 aliphatic carbocycles. The molecule has 2 heterocycles. The number of nitrogen functional groups attached to an aromatic ring is 1. The number of hydrogen-bond donors (Lipinski definition) is 1. The van der Waals surface area contributed by atoms with E-state index in [-0.39, 0.29) is 0 Å². The van der Waals surface area contributed by atoms with E-state index in [4.69, 9.17) is 20.2 Å². The highest BCUT2D eigenvalue weighted by molar-refractivity contribution is 7.97. The zero-order valence-electron chi connectivity index (χ0n) is 17.3. The molecule has 0 spiro atoms. The minimum atomic E-state index is -2.20. The summed E-state index contributed by atoms with van der Waals surface area (Å²) in [5.41, 5.74) is 8.71. The molecule has 1 aromatic carbocycles. The fraction of sp³-hybridized carbons (Fsp3) is 0.450. The second kappa shape index (κ2) is 9.08. The lowest BCUT2D eigenvalue weighted by Gasteiger charge is -2.18. The van der Waals surface area contributed by atoms with Gasteiger partial charge in [-0.15, -0.1) is 0 Å². The SMILES string of the molecule is C=S(C)(=O)N(C)CCOCCn1c(CCOC)nc2c(N)nc3ccccc3c21. The van der Waals surface area contributed by atoms with Crippen LogP contribution in [0.5, 0.6) is 0 Å². The molecule has 0 bridgehead atoms. The van der Waals surface area contributed by atoms with Crippen molar-refractivity contribution in [2.75, 3.05) is 52.5 Å². The molecule has 0 radical (unpaired) electrons. The lowest BCUT2D eigenvalue weighted by molar-refractivity contribution is 0.119. The number of nitrogens with zero attached hydrogens (tertiary/aromatic N) is 4. The molecule has 29 heavy (non-hydrogen) atoms. The van der Waals surface area contributed by atoms with Crippen LogP contribution < -0.4 is 5.73 Å². The summed E-state index contributed by atoms with van der Waals surface area (Å²) in [4.78, 5) is 9.24. The van der Waals surface area contributed by atoms with E-state index in [1.807, 2.05) is 24.3 Å². The molecule has 0 aliphatic heterocycles. The third-order valence-corrected chi connectivity index (χ3v) is 6.39. The fourth-order valence-electron chi connectivity index (χ4n) is 3.17. The average Bonchev–Trinajstić information content (AvgIpc) is 3.04. The number of methoxy groups -OCH3 is 1. The van der Waals surface area contributed by atoms with E-state index in [1.54, 1.807) is 24.7 Å². The topological polar surface area (TPSA) is 95.5 Å². The maximum atomic E-state index is 11.9. The van der Waals surface area contributed by atoms with Crippen LogP contribution in [0.2, 0.25) is 0 Å². The van der Waals surface area contributed by atoms with E-state index in [1.165, 1.54) is 0 Å². The standard InChI is InChI=1S/C20H29N5O3S/c1-24(29(3,4)26)10-13-28-14-11-25-17(9-12-27-2)23-18-19(25)15-7-5-6-8-16(15)22-20(18)21/h5-8H,3,9-14H2,1-2,4H3,(H2,21,22). The molecule has 158 valence electrons. The van der Waals surface area contributed by atoms with Crippen LogP contribution in [-0.4, -0.2) is 75.7 Å². The normalized spacial score (nSPS) is 14.1. The average molecular weight is 420 g/mol. The van der Waals surface area contributed by atoms with Crippen LogP contribution in [0.4, 0.5) is 5.82 Å².